The normalized spacial score (nSPS) is 34.5. The topological polar surface area (TPSA) is 76.6 Å². The molecule has 0 unspecified atom stereocenters. The number of urea groups is 1. The molecular formula is C27H40N4O4. The van der Waals surface area contributed by atoms with Gasteiger partial charge in [-0.1, -0.05) is 6.07 Å². The van der Waals surface area contributed by atoms with Gasteiger partial charge in [0, 0.05) is 37.6 Å². The van der Waals surface area contributed by atoms with Gasteiger partial charge in [-0.3, -0.25) is 14.6 Å². The summed E-state index contributed by atoms with van der Waals surface area (Å²) in [7, 11) is 5.83. The van der Waals surface area contributed by atoms with Crippen LogP contribution >= 0.6 is 0 Å². The van der Waals surface area contributed by atoms with Gasteiger partial charge in [0.05, 0.1) is 12.7 Å². The summed E-state index contributed by atoms with van der Waals surface area (Å²) in [5.41, 5.74) is -0.153. The number of ether oxygens (including phenoxy) is 1. The molecular weight excluding hydrogens is 444 g/mol. The van der Waals surface area contributed by atoms with E-state index < -0.39 is 16.6 Å². The summed E-state index contributed by atoms with van der Waals surface area (Å²) in [6.07, 6.45) is 2.99. The smallest absolute Gasteiger partial charge is 0.327 e. The summed E-state index contributed by atoms with van der Waals surface area (Å²) in [6, 6.07) is 6.01. The number of imide groups is 1. The molecule has 5 rings (SSSR count). The molecule has 35 heavy (non-hydrogen) atoms. The summed E-state index contributed by atoms with van der Waals surface area (Å²) in [5, 5.41) is 12.7. The molecule has 1 spiro atoms. The van der Waals surface area contributed by atoms with E-state index in [4.69, 9.17) is 4.74 Å². The molecule has 3 amide bonds. The van der Waals surface area contributed by atoms with E-state index in [-0.39, 0.29) is 18.0 Å². The Kier molecular flexibility index (Phi) is 5.93. The number of carbonyl (C=O) groups excluding carboxylic acids is 2. The number of hydrogen-bond donors (Lipinski definition) is 1. The highest BCUT2D eigenvalue weighted by Crippen LogP contribution is 2.62. The van der Waals surface area contributed by atoms with Gasteiger partial charge in [0.25, 0.3) is 5.91 Å². The van der Waals surface area contributed by atoms with Gasteiger partial charge in [-0.05, 0) is 89.9 Å². The number of piperidine rings is 1. The first-order valence-corrected chi connectivity index (χ1v) is 13.1. The fraction of sp³-hybridized carbons (Fsp3) is 0.704. The molecule has 2 heterocycles. The van der Waals surface area contributed by atoms with E-state index in [2.05, 4.69) is 36.0 Å². The molecule has 192 valence electrons. The van der Waals surface area contributed by atoms with Crippen molar-refractivity contribution in [1.82, 2.24) is 19.6 Å². The minimum absolute atomic E-state index is 0.0148. The Bertz CT molecular complexity index is 1030. The monoisotopic (exact) mass is 484 g/mol. The zero-order valence-electron chi connectivity index (χ0n) is 21.8. The predicted octanol–water partition coefficient (Wildman–Crippen LogP) is 2.08. The third-order valence-corrected chi connectivity index (χ3v) is 9.49. The van der Waals surface area contributed by atoms with Crippen LogP contribution in [0.3, 0.4) is 0 Å². The largest absolute Gasteiger partial charge is 0.497 e. The van der Waals surface area contributed by atoms with Crippen LogP contribution < -0.4 is 4.74 Å². The number of benzene rings is 1. The lowest BCUT2D eigenvalue weighted by Gasteiger charge is -2.66. The number of methoxy groups -OCH3 is 1. The van der Waals surface area contributed by atoms with Crippen LogP contribution in [-0.4, -0.2) is 108 Å². The quantitative estimate of drug-likeness (QED) is 0.623. The van der Waals surface area contributed by atoms with E-state index >= 15 is 0 Å². The van der Waals surface area contributed by atoms with Crippen LogP contribution in [0, 0.1) is 0 Å². The lowest BCUT2D eigenvalue weighted by Crippen LogP contribution is -2.76. The highest BCUT2D eigenvalue weighted by Gasteiger charge is 2.71. The summed E-state index contributed by atoms with van der Waals surface area (Å²) in [5.74, 6) is 0.676. The molecule has 0 radical (unpaired) electrons. The molecule has 1 N–H and O–H groups in total. The van der Waals surface area contributed by atoms with Crippen molar-refractivity contribution in [2.45, 2.75) is 68.5 Å². The second-order valence-corrected chi connectivity index (χ2v) is 11.1. The van der Waals surface area contributed by atoms with Gasteiger partial charge in [0.15, 0.2) is 0 Å². The number of fused-ring (bicyclic) bond motifs is 1. The number of hydrogen-bond acceptors (Lipinski definition) is 6. The van der Waals surface area contributed by atoms with Gasteiger partial charge in [0.1, 0.15) is 11.3 Å². The van der Waals surface area contributed by atoms with E-state index in [0.29, 0.717) is 32.4 Å². The van der Waals surface area contributed by atoms with Crippen molar-refractivity contribution < 1.29 is 19.4 Å². The van der Waals surface area contributed by atoms with E-state index in [0.717, 1.165) is 43.8 Å². The van der Waals surface area contributed by atoms with E-state index in [9.17, 15) is 14.7 Å². The first-order valence-electron chi connectivity index (χ1n) is 13.1. The second-order valence-electron chi connectivity index (χ2n) is 11.1. The molecule has 4 atom stereocenters. The van der Waals surface area contributed by atoms with Crippen LogP contribution in [0.4, 0.5) is 4.79 Å². The molecule has 2 bridgehead atoms. The zero-order valence-corrected chi connectivity index (χ0v) is 21.8. The van der Waals surface area contributed by atoms with Gasteiger partial charge < -0.3 is 19.6 Å². The Labute approximate surface area is 208 Å². The third-order valence-electron chi connectivity index (χ3n) is 9.49. The standard InChI is InChI=1S/C27H40N4O4/c1-6-30-23(32)26(31(7-2)24(30)33)10-11-27(34)22-16-19-8-9-20(35-5)17-21(19)25(27,18-26)12-13-29(22)15-14-28(3)4/h8-9,17,22,34H,6-7,10-16,18H2,1-5H3/t22-,25-,26+,27-/m1/s1. The van der Waals surface area contributed by atoms with Crippen molar-refractivity contribution in [2.24, 2.45) is 0 Å². The zero-order chi connectivity index (χ0) is 25.2. The Morgan fingerprint density at radius 3 is 2.57 bits per heavy atom. The van der Waals surface area contributed by atoms with Gasteiger partial charge in [-0.25, -0.2) is 4.79 Å². The number of amides is 3. The first kappa shape index (κ1) is 24.5. The summed E-state index contributed by atoms with van der Waals surface area (Å²) in [6.45, 7) is 7.36. The average molecular weight is 485 g/mol. The Hall–Kier alpha value is -2.16. The third kappa shape index (κ3) is 3.22. The van der Waals surface area contributed by atoms with Crippen LogP contribution in [0.25, 0.3) is 0 Å². The number of rotatable bonds is 6. The van der Waals surface area contributed by atoms with Crippen molar-refractivity contribution >= 4 is 11.9 Å². The minimum atomic E-state index is -0.968. The Morgan fingerprint density at radius 1 is 1.14 bits per heavy atom. The highest BCUT2D eigenvalue weighted by atomic mass is 16.5. The fourth-order valence-corrected chi connectivity index (χ4v) is 7.74. The van der Waals surface area contributed by atoms with Gasteiger partial charge in [-0.15, -0.1) is 0 Å². The van der Waals surface area contributed by atoms with Crippen molar-refractivity contribution in [3.63, 3.8) is 0 Å². The van der Waals surface area contributed by atoms with Crippen LogP contribution in [0.15, 0.2) is 18.2 Å². The predicted molar refractivity (Wildman–Crippen MR) is 134 cm³/mol. The molecule has 4 aliphatic rings. The van der Waals surface area contributed by atoms with Gasteiger partial charge >= 0.3 is 6.03 Å². The molecule has 1 aromatic carbocycles. The first-order chi connectivity index (χ1) is 16.7. The SMILES string of the molecule is CCN1C(=O)N(CC)[C@]2(CC[C@@]3(O)[C@H]4Cc5ccc(OC)cc5[C@@]3(CCN4CCN(C)C)C2)C1=O. The van der Waals surface area contributed by atoms with Crippen molar-refractivity contribution in [3.8, 4) is 5.75 Å². The van der Waals surface area contributed by atoms with E-state index in [1.807, 2.05) is 19.9 Å². The van der Waals surface area contributed by atoms with Crippen LogP contribution in [0.2, 0.25) is 0 Å². The molecule has 1 saturated carbocycles. The van der Waals surface area contributed by atoms with Crippen LogP contribution in [0.1, 0.15) is 50.7 Å². The summed E-state index contributed by atoms with van der Waals surface area (Å²) in [4.78, 5) is 34.9. The number of likely N-dealkylation sites (tertiary alicyclic amines) is 1. The average Bonchev–Trinajstić information content (AvgIpc) is 3.03. The molecule has 2 aliphatic heterocycles. The van der Waals surface area contributed by atoms with Crippen molar-refractivity contribution in [1.29, 1.82) is 0 Å². The lowest BCUT2D eigenvalue weighted by molar-refractivity contribution is -0.188. The molecule has 1 aromatic rings. The second kappa shape index (κ2) is 8.46. The van der Waals surface area contributed by atoms with Crippen molar-refractivity contribution in [2.75, 3.05) is 53.9 Å². The Morgan fingerprint density at radius 2 is 1.91 bits per heavy atom. The number of likely N-dealkylation sites (N-methyl/N-ethyl adjacent to an activating group) is 3. The van der Waals surface area contributed by atoms with Crippen LogP contribution in [0.5, 0.6) is 5.75 Å². The van der Waals surface area contributed by atoms with Gasteiger partial charge in [-0.2, -0.15) is 0 Å². The maximum atomic E-state index is 13.8. The molecule has 2 saturated heterocycles. The summed E-state index contributed by atoms with van der Waals surface area (Å²) >= 11 is 0. The molecule has 2 aliphatic carbocycles. The van der Waals surface area contributed by atoms with E-state index in [1.165, 1.54) is 10.5 Å². The molecule has 8 nitrogen and oxygen atoms in total. The Balaban J connectivity index is 1.65. The maximum absolute atomic E-state index is 13.8. The summed E-state index contributed by atoms with van der Waals surface area (Å²) < 4.78 is 5.61. The fourth-order valence-electron chi connectivity index (χ4n) is 7.74. The number of nitrogens with zero attached hydrogens (tertiary/aromatic N) is 4. The lowest BCUT2D eigenvalue weighted by atomic mass is 9.46. The maximum Gasteiger partial charge on any atom is 0.327 e. The number of carbonyl (C=O) groups is 2. The van der Waals surface area contributed by atoms with E-state index in [1.54, 1.807) is 12.0 Å². The molecule has 8 heteroatoms. The minimum Gasteiger partial charge on any atom is -0.497 e. The van der Waals surface area contributed by atoms with Crippen LogP contribution in [-0.2, 0) is 16.6 Å². The molecule has 0 aromatic heterocycles. The molecule has 3 fully saturated rings. The number of aliphatic hydroxyl groups is 1. The highest BCUT2D eigenvalue weighted by molar-refractivity contribution is 6.07. The van der Waals surface area contributed by atoms with Gasteiger partial charge in [0.2, 0.25) is 0 Å². The van der Waals surface area contributed by atoms with Crippen molar-refractivity contribution in [3.05, 3.63) is 29.3 Å².